The Kier molecular flexibility index (Phi) is 6.35. The molecule has 0 aliphatic carbocycles. The molecular formula is C15H12Cl2N2O5S. The molecular weight excluding hydrogens is 391 g/mol. The number of sulfone groups is 1. The zero-order chi connectivity index (χ0) is 18.4. The van der Waals surface area contributed by atoms with E-state index in [2.05, 4.69) is 5.16 Å². The van der Waals surface area contributed by atoms with Crippen molar-refractivity contribution in [1.29, 1.82) is 0 Å². The van der Waals surface area contributed by atoms with Gasteiger partial charge < -0.3 is 4.84 Å². The first-order valence-corrected chi connectivity index (χ1v) is 9.15. The Labute approximate surface area is 153 Å². The van der Waals surface area contributed by atoms with E-state index in [9.17, 15) is 18.5 Å². The van der Waals surface area contributed by atoms with Crippen molar-refractivity contribution < 1.29 is 18.2 Å². The highest BCUT2D eigenvalue weighted by molar-refractivity contribution is 7.92. The molecule has 0 saturated carbocycles. The van der Waals surface area contributed by atoms with Crippen molar-refractivity contribution in [2.45, 2.75) is 16.9 Å². The van der Waals surface area contributed by atoms with Crippen LogP contribution in [-0.2, 0) is 21.3 Å². The number of benzene rings is 2. The van der Waals surface area contributed by atoms with Gasteiger partial charge >= 0.3 is 5.37 Å². The molecule has 0 amide bonds. The van der Waals surface area contributed by atoms with Crippen LogP contribution in [0.5, 0.6) is 0 Å². The summed E-state index contributed by atoms with van der Waals surface area (Å²) in [6.07, 6.45) is 0.618. The quantitative estimate of drug-likeness (QED) is 0.400. The normalized spacial score (nSPS) is 12.9. The van der Waals surface area contributed by atoms with Crippen molar-refractivity contribution in [1.82, 2.24) is 0 Å². The van der Waals surface area contributed by atoms with Crippen LogP contribution in [-0.4, -0.2) is 24.9 Å². The molecule has 0 aromatic heterocycles. The van der Waals surface area contributed by atoms with Gasteiger partial charge in [-0.1, -0.05) is 52.6 Å². The summed E-state index contributed by atoms with van der Waals surface area (Å²) in [5.74, 6) is 0. The van der Waals surface area contributed by atoms with Crippen molar-refractivity contribution in [3.8, 4) is 0 Å². The van der Waals surface area contributed by atoms with Crippen molar-refractivity contribution in [2.24, 2.45) is 5.16 Å². The van der Waals surface area contributed by atoms with E-state index in [0.29, 0.717) is 21.8 Å². The third-order valence-corrected chi connectivity index (χ3v) is 5.70. The number of oxime groups is 1. The SMILES string of the molecule is O=[N+]([O-])C(/C=N/OCc1c(Cl)cccc1Cl)S(=O)(=O)c1ccccc1. The molecule has 0 radical (unpaired) electrons. The number of nitrogens with zero attached hydrogens (tertiary/aromatic N) is 2. The molecule has 132 valence electrons. The van der Waals surface area contributed by atoms with Crippen LogP contribution in [0.25, 0.3) is 0 Å². The van der Waals surface area contributed by atoms with Gasteiger partial charge in [0.1, 0.15) is 12.8 Å². The fourth-order valence-corrected chi connectivity index (χ4v) is 3.62. The van der Waals surface area contributed by atoms with Gasteiger partial charge in [-0.2, -0.15) is 0 Å². The Morgan fingerprint density at radius 2 is 1.72 bits per heavy atom. The third-order valence-electron chi connectivity index (χ3n) is 3.13. The van der Waals surface area contributed by atoms with Gasteiger partial charge in [-0.15, -0.1) is 0 Å². The van der Waals surface area contributed by atoms with E-state index < -0.39 is 20.1 Å². The minimum absolute atomic E-state index is 0.162. The molecule has 1 atom stereocenters. The molecule has 0 N–H and O–H groups in total. The van der Waals surface area contributed by atoms with Gasteiger partial charge in [-0.05, 0) is 24.3 Å². The van der Waals surface area contributed by atoms with Crippen LogP contribution >= 0.6 is 23.2 Å². The summed E-state index contributed by atoms with van der Waals surface area (Å²) >= 11 is 11.9. The second kappa shape index (κ2) is 8.28. The van der Waals surface area contributed by atoms with Crippen molar-refractivity contribution in [2.75, 3.05) is 0 Å². The van der Waals surface area contributed by atoms with Crippen molar-refractivity contribution in [3.05, 3.63) is 74.3 Å². The van der Waals surface area contributed by atoms with Gasteiger partial charge in [0.25, 0.3) is 9.84 Å². The Bertz CT molecular complexity index is 868. The van der Waals surface area contributed by atoms with E-state index in [4.69, 9.17) is 28.0 Å². The number of rotatable bonds is 7. The van der Waals surface area contributed by atoms with Gasteiger partial charge in [0.2, 0.25) is 0 Å². The smallest absolute Gasteiger partial charge is 0.352 e. The van der Waals surface area contributed by atoms with Gasteiger partial charge in [0.15, 0.2) is 0 Å². The highest BCUT2D eigenvalue weighted by Gasteiger charge is 2.36. The van der Waals surface area contributed by atoms with Crippen molar-refractivity contribution >= 4 is 39.3 Å². The largest absolute Gasteiger partial charge is 0.391 e. The minimum atomic E-state index is -4.24. The highest BCUT2D eigenvalue weighted by atomic mass is 35.5. The molecule has 2 aromatic rings. The van der Waals surface area contributed by atoms with Gasteiger partial charge in [0.05, 0.1) is 4.90 Å². The molecule has 0 heterocycles. The average Bonchev–Trinajstić information content (AvgIpc) is 2.57. The van der Waals surface area contributed by atoms with Crippen molar-refractivity contribution in [3.63, 3.8) is 0 Å². The molecule has 10 heteroatoms. The molecule has 1 unspecified atom stereocenters. The summed E-state index contributed by atoms with van der Waals surface area (Å²) in [6, 6.07) is 11.9. The molecule has 2 rings (SSSR count). The second-order valence-corrected chi connectivity index (χ2v) is 7.62. The summed E-state index contributed by atoms with van der Waals surface area (Å²) in [4.78, 5) is 14.9. The first kappa shape index (κ1) is 19.2. The third kappa shape index (κ3) is 4.68. The summed E-state index contributed by atoms with van der Waals surface area (Å²) in [7, 11) is -4.24. The van der Waals surface area contributed by atoms with Gasteiger partial charge in [-0.25, -0.2) is 8.42 Å². The van der Waals surface area contributed by atoms with Gasteiger partial charge in [0, 0.05) is 20.5 Å². The number of halogens is 2. The molecule has 0 saturated heterocycles. The van der Waals surface area contributed by atoms with Crippen LogP contribution in [0.1, 0.15) is 5.56 Å². The van der Waals surface area contributed by atoms with E-state index in [1.807, 2.05) is 0 Å². The summed E-state index contributed by atoms with van der Waals surface area (Å²) in [6.45, 7) is -0.162. The number of hydrogen-bond donors (Lipinski definition) is 0. The summed E-state index contributed by atoms with van der Waals surface area (Å²) in [5.41, 5.74) is 0.437. The van der Waals surface area contributed by atoms with Crippen LogP contribution in [0.15, 0.2) is 58.6 Å². The van der Waals surface area contributed by atoms with Crippen LogP contribution in [0.4, 0.5) is 0 Å². The molecule has 25 heavy (non-hydrogen) atoms. The van der Waals surface area contributed by atoms with Crippen LogP contribution in [0.3, 0.4) is 0 Å². The van der Waals surface area contributed by atoms with E-state index in [1.54, 1.807) is 24.3 Å². The topological polar surface area (TPSA) is 98.9 Å². The monoisotopic (exact) mass is 402 g/mol. The zero-order valence-electron chi connectivity index (χ0n) is 12.6. The molecule has 0 aliphatic rings. The first-order valence-electron chi connectivity index (χ1n) is 6.85. The predicted octanol–water partition coefficient (Wildman–Crippen LogP) is 3.57. The summed E-state index contributed by atoms with van der Waals surface area (Å²) in [5, 5.41) is 13.1. The number of nitro groups is 1. The van der Waals surface area contributed by atoms with Crippen LogP contribution in [0.2, 0.25) is 10.0 Å². The highest BCUT2D eigenvalue weighted by Crippen LogP contribution is 2.25. The van der Waals surface area contributed by atoms with E-state index in [1.165, 1.54) is 24.3 Å². The predicted molar refractivity (Wildman–Crippen MR) is 94.2 cm³/mol. The summed E-state index contributed by atoms with van der Waals surface area (Å²) < 4.78 is 24.6. The molecule has 0 aliphatic heterocycles. The fraction of sp³-hybridized carbons (Fsp3) is 0.133. The Morgan fingerprint density at radius 1 is 1.12 bits per heavy atom. The lowest BCUT2D eigenvalue weighted by Gasteiger charge is -2.07. The molecule has 2 aromatic carbocycles. The molecule has 0 bridgehead atoms. The van der Waals surface area contributed by atoms with Crippen LogP contribution in [0, 0.1) is 10.1 Å². The maximum absolute atomic E-state index is 12.3. The van der Waals surface area contributed by atoms with Crippen LogP contribution < -0.4 is 0 Å². The average molecular weight is 403 g/mol. The number of hydrogen-bond acceptors (Lipinski definition) is 6. The second-order valence-electron chi connectivity index (χ2n) is 4.76. The Morgan fingerprint density at radius 3 is 2.28 bits per heavy atom. The maximum atomic E-state index is 12.3. The lowest BCUT2D eigenvalue weighted by Crippen LogP contribution is -2.31. The molecule has 7 nitrogen and oxygen atoms in total. The Hall–Kier alpha value is -2.16. The maximum Gasteiger partial charge on any atom is 0.352 e. The Balaban J connectivity index is 2.15. The first-order chi connectivity index (χ1) is 11.8. The fourth-order valence-electron chi connectivity index (χ4n) is 1.86. The van der Waals surface area contributed by atoms with E-state index in [0.717, 1.165) is 0 Å². The lowest BCUT2D eigenvalue weighted by molar-refractivity contribution is -0.478. The van der Waals surface area contributed by atoms with E-state index >= 15 is 0 Å². The lowest BCUT2D eigenvalue weighted by atomic mass is 10.2. The zero-order valence-corrected chi connectivity index (χ0v) is 14.9. The molecule has 0 fully saturated rings. The standard InChI is InChI=1S/C15H12Cl2N2O5S/c16-13-7-4-8-14(17)12(13)10-24-18-9-15(19(20)21)25(22,23)11-5-2-1-3-6-11/h1-9,15H,10H2/b18-9+. The van der Waals surface area contributed by atoms with Gasteiger partial charge in [-0.3, -0.25) is 10.1 Å². The molecule has 0 spiro atoms. The minimum Gasteiger partial charge on any atom is -0.391 e. The van der Waals surface area contributed by atoms with E-state index in [-0.39, 0.29) is 11.5 Å².